The van der Waals surface area contributed by atoms with E-state index in [2.05, 4.69) is 5.32 Å². The van der Waals surface area contributed by atoms with Gasteiger partial charge in [-0.15, -0.1) is 0 Å². The maximum Gasteiger partial charge on any atom is 0.340 e. The van der Waals surface area contributed by atoms with Crippen LogP contribution in [0.2, 0.25) is 0 Å². The van der Waals surface area contributed by atoms with E-state index in [-0.39, 0.29) is 29.9 Å². The van der Waals surface area contributed by atoms with E-state index in [1.54, 1.807) is 29.2 Å². The van der Waals surface area contributed by atoms with Crippen molar-refractivity contribution >= 4 is 23.5 Å². The number of esters is 1. The van der Waals surface area contributed by atoms with Crippen molar-refractivity contribution in [2.45, 2.75) is 32.2 Å². The van der Waals surface area contributed by atoms with Crippen LogP contribution in [0.1, 0.15) is 47.1 Å². The number of carbonyl (C=O) groups is 3. The minimum absolute atomic E-state index is 0.132. The van der Waals surface area contributed by atoms with Gasteiger partial charge < -0.3 is 19.4 Å². The van der Waals surface area contributed by atoms with E-state index < -0.39 is 11.9 Å². The molecule has 1 atom stereocenters. The zero-order valence-electron chi connectivity index (χ0n) is 15.1. The summed E-state index contributed by atoms with van der Waals surface area (Å²) in [6.07, 6.45) is 4.42. The number of likely N-dealkylation sites (tertiary alicyclic amines) is 1. The molecule has 7 heteroatoms. The van der Waals surface area contributed by atoms with E-state index in [0.717, 1.165) is 19.3 Å². The molecular formula is C20H22N2O5. The number of benzene rings is 1. The molecule has 1 fully saturated rings. The quantitative estimate of drug-likeness (QED) is 0.817. The van der Waals surface area contributed by atoms with E-state index in [4.69, 9.17) is 9.15 Å². The van der Waals surface area contributed by atoms with Crippen molar-refractivity contribution in [2.75, 3.05) is 18.5 Å². The summed E-state index contributed by atoms with van der Waals surface area (Å²) < 4.78 is 10.2. The van der Waals surface area contributed by atoms with E-state index in [0.29, 0.717) is 12.2 Å². The van der Waals surface area contributed by atoms with Crippen molar-refractivity contribution in [3.63, 3.8) is 0 Å². The maximum absolute atomic E-state index is 12.4. The SMILES string of the molecule is C[C@H]1CCCCN1C(=O)COC(=O)c1ccccc1NC(=O)c1ccco1. The number of para-hydroxylation sites is 1. The van der Waals surface area contributed by atoms with Crippen LogP contribution in [-0.4, -0.2) is 41.9 Å². The third kappa shape index (κ3) is 4.55. The van der Waals surface area contributed by atoms with Crippen LogP contribution in [0.5, 0.6) is 0 Å². The maximum atomic E-state index is 12.4. The summed E-state index contributed by atoms with van der Waals surface area (Å²) >= 11 is 0. The highest BCUT2D eigenvalue weighted by Gasteiger charge is 2.24. The van der Waals surface area contributed by atoms with E-state index >= 15 is 0 Å². The van der Waals surface area contributed by atoms with Gasteiger partial charge in [0.15, 0.2) is 12.4 Å². The predicted octanol–water partition coefficient (Wildman–Crippen LogP) is 3.09. The van der Waals surface area contributed by atoms with Crippen LogP contribution in [0.15, 0.2) is 47.1 Å². The van der Waals surface area contributed by atoms with Gasteiger partial charge >= 0.3 is 5.97 Å². The highest BCUT2D eigenvalue weighted by Crippen LogP contribution is 2.19. The van der Waals surface area contributed by atoms with Gasteiger partial charge in [-0.2, -0.15) is 0 Å². The predicted molar refractivity (Wildman–Crippen MR) is 98.4 cm³/mol. The largest absolute Gasteiger partial charge is 0.459 e. The van der Waals surface area contributed by atoms with Crippen LogP contribution in [0.25, 0.3) is 0 Å². The Morgan fingerprint density at radius 1 is 1.19 bits per heavy atom. The van der Waals surface area contributed by atoms with Crippen molar-refractivity contribution in [1.29, 1.82) is 0 Å². The summed E-state index contributed by atoms with van der Waals surface area (Å²) in [5.41, 5.74) is 0.472. The van der Waals surface area contributed by atoms with Gasteiger partial charge in [-0.25, -0.2) is 4.79 Å². The number of ether oxygens (including phenoxy) is 1. The van der Waals surface area contributed by atoms with Gasteiger partial charge in [-0.05, 0) is 50.5 Å². The van der Waals surface area contributed by atoms with Crippen molar-refractivity contribution in [1.82, 2.24) is 4.90 Å². The Morgan fingerprint density at radius 3 is 2.74 bits per heavy atom. The molecule has 1 aliphatic heterocycles. The standard InChI is InChI=1S/C20H22N2O5/c1-14-7-4-5-11-22(14)18(23)13-27-20(25)15-8-2-3-9-16(15)21-19(24)17-10-6-12-26-17/h2-3,6,8-10,12,14H,4-5,7,11,13H2,1H3,(H,21,24)/t14-/m0/s1. The fourth-order valence-corrected chi connectivity index (χ4v) is 3.12. The van der Waals surface area contributed by atoms with Gasteiger partial charge in [0.05, 0.1) is 17.5 Å². The highest BCUT2D eigenvalue weighted by atomic mass is 16.5. The lowest BCUT2D eigenvalue weighted by molar-refractivity contribution is -0.137. The van der Waals surface area contributed by atoms with Gasteiger partial charge in [0.1, 0.15) is 0 Å². The molecule has 1 aromatic heterocycles. The lowest BCUT2D eigenvalue weighted by atomic mass is 10.0. The molecular weight excluding hydrogens is 348 g/mol. The minimum Gasteiger partial charge on any atom is -0.459 e. The van der Waals surface area contributed by atoms with E-state index in [9.17, 15) is 14.4 Å². The molecule has 2 amide bonds. The number of piperidine rings is 1. The van der Waals surface area contributed by atoms with Crippen molar-refractivity contribution in [2.24, 2.45) is 0 Å². The summed E-state index contributed by atoms with van der Waals surface area (Å²) in [6, 6.07) is 9.75. The first-order valence-corrected chi connectivity index (χ1v) is 8.96. The van der Waals surface area contributed by atoms with Crippen molar-refractivity contribution in [3.8, 4) is 0 Å². The van der Waals surface area contributed by atoms with Gasteiger partial charge in [-0.1, -0.05) is 12.1 Å². The number of nitrogens with zero attached hydrogens (tertiary/aromatic N) is 1. The normalized spacial score (nSPS) is 16.6. The Bertz CT molecular complexity index is 816. The third-order valence-electron chi connectivity index (χ3n) is 4.59. The molecule has 1 N–H and O–H groups in total. The monoisotopic (exact) mass is 370 g/mol. The van der Waals surface area contributed by atoms with Crippen LogP contribution < -0.4 is 5.32 Å². The molecule has 0 saturated carbocycles. The van der Waals surface area contributed by atoms with E-state index in [1.165, 1.54) is 18.4 Å². The average Bonchev–Trinajstić information content (AvgIpc) is 3.21. The summed E-state index contributed by atoms with van der Waals surface area (Å²) in [7, 11) is 0. The van der Waals surface area contributed by atoms with Crippen LogP contribution in [0.4, 0.5) is 5.69 Å². The molecule has 3 rings (SSSR count). The average molecular weight is 370 g/mol. The number of rotatable bonds is 5. The number of nitrogens with one attached hydrogen (secondary N) is 1. The second kappa shape index (κ2) is 8.53. The molecule has 0 aliphatic carbocycles. The molecule has 0 radical (unpaired) electrons. The Hall–Kier alpha value is -3.09. The number of carbonyl (C=O) groups excluding carboxylic acids is 3. The number of anilines is 1. The lowest BCUT2D eigenvalue weighted by Crippen LogP contribution is -2.44. The molecule has 2 heterocycles. The Kier molecular flexibility index (Phi) is 5.90. The Labute approximate surface area is 157 Å². The molecule has 27 heavy (non-hydrogen) atoms. The molecule has 0 unspecified atom stereocenters. The lowest BCUT2D eigenvalue weighted by Gasteiger charge is -2.33. The summed E-state index contributed by atoms with van der Waals surface area (Å²) in [5.74, 6) is -1.21. The molecule has 0 bridgehead atoms. The minimum atomic E-state index is -0.664. The van der Waals surface area contributed by atoms with Crippen LogP contribution >= 0.6 is 0 Å². The zero-order valence-corrected chi connectivity index (χ0v) is 15.1. The molecule has 2 aromatic rings. The van der Waals surface area contributed by atoms with Crippen molar-refractivity contribution in [3.05, 3.63) is 54.0 Å². The molecule has 7 nitrogen and oxygen atoms in total. The fourth-order valence-electron chi connectivity index (χ4n) is 3.12. The first kappa shape index (κ1) is 18.7. The molecule has 1 aliphatic rings. The Balaban J connectivity index is 1.63. The first-order chi connectivity index (χ1) is 13.1. The summed E-state index contributed by atoms with van der Waals surface area (Å²) in [5, 5.41) is 2.62. The first-order valence-electron chi connectivity index (χ1n) is 8.96. The van der Waals surface area contributed by atoms with E-state index in [1.807, 2.05) is 6.92 Å². The third-order valence-corrected chi connectivity index (χ3v) is 4.59. The van der Waals surface area contributed by atoms with Crippen LogP contribution in [-0.2, 0) is 9.53 Å². The number of hydrogen-bond acceptors (Lipinski definition) is 5. The number of furan rings is 1. The molecule has 1 aromatic carbocycles. The molecule has 142 valence electrons. The second-order valence-corrected chi connectivity index (χ2v) is 6.49. The summed E-state index contributed by atoms with van der Waals surface area (Å²) in [4.78, 5) is 38.7. The molecule has 0 spiro atoms. The van der Waals surface area contributed by atoms with Crippen LogP contribution in [0.3, 0.4) is 0 Å². The topological polar surface area (TPSA) is 88.9 Å². The van der Waals surface area contributed by atoms with Gasteiger partial charge in [0, 0.05) is 12.6 Å². The smallest absolute Gasteiger partial charge is 0.340 e. The molecule has 1 saturated heterocycles. The second-order valence-electron chi connectivity index (χ2n) is 6.49. The van der Waals surface area contributed by atoms with Crippen LogP contribution in [0, 0.1) is 0 Å². The highest BCUT2D eigenvalue weighted by molar-refractivity contribution is 6.06. The number of hydrogen-bond donors (Lipinski definition) is 1. The van der Waals surface area contributed by atoms with Gasteiger partial charge in [0.25, 0.3) is 11.8 Å². The zero-order chi connectivity index (χ0) is 19.2. The van der Waals surface area contributed by atoms with Crippen molar-refractivity contribution < 1.29 is 23.5 Å². The summed E-state index contributed by atoms with van der Waals surface area (Å²) in [6.45, 7) is 2.37. The fraction of sp³-hybridized carbons (Fsp3) is 0.350. The number of amides is 2. The van der Waals surface area contributed by atoms with Gasteiger partial charge in [0.2, 0.25) is 0 Å². The van der Waals surface area contributed by atoms with Gasteiger partial charge in [-0.3, -0.25) is 9.59 Å². The Morgan fingerprint density at radius 2 is 2.00 bits per heavy atom.